The van der Waals surface area contributed by atoms with E-state index in [4.69, 9.17) is 10.8 Å². The summed E-state index contributed by atoms with van der Waals surface area (Å²) in [6.07, 6.45) is 2.43. The number of hydrogen-bond donors (Lipinski definition) is 2. The lowest BCUT2D eigenvalue weighted by atomic mass is 10.0. The van der Waals surface area contributed by atoms with Crippen molar-refractivity contribution in [2.75, 3.05) is 13.2 Å². The quantitative estimate of drug-likeness (QED) is 0.685. The molecule has 0 aliphatic heterocycles. The molecule has 0 aliphatic rings. The van der Waals surface area contributed by atoms with Crippen LogP contribution in [0.5, 0.6) is 0 Å². The van der Waals surface area contributed by atoms with Crippen LogP contribution in [0.2, 0.25) is 0 Å². The second-order valence-electron chi connectivity index (χ2n) is 2.70. The second-order valence-corrected chi connectivity index (χ2v) is 2.70. The van der Waals surface area contributed by atoms with Crippen molar-refractivity contribution in [1.29, 1.82) is 0 Å². The van der Waals surface area contributed by atoms with Gasteiger partial charge in [0.05, 0.1) is 0 Å². The molecule has 0 spiro atoms. The van der Waals surface area contributed by atoms with E-state index in [2.05, 4.69) is 4.98 Å². The largest absolute Gasteiger partial charge is 0.396 e. The molecule has 1 aromatic heterocycles. The summed E-state index contributed by atoms with van der Waals surface area (Å²) in [5.41, 5.74) is 6.51. The molecule has 0 saturated heterocycles. The summed E-state index contributed by atoms with van der Waals surface area (Å²) in [4.78, 5) is 4.18. The van der Waals surface area contributed by atoms with Gasteiger partial charge in [-0.3, -0.25) is 4.98 Å². The van der Waals surface area contributed by atoms with Crippen LogP contribution in [0.3, 0.4) is 0 Å². The minimum Gasteiger partial charge on any atom is -0.396 e. The van der Waals surface area contributed by atoms with Crippen molar-refractivity contribution in [2.24, 2.45) is 5.73 Å². The van der Waals surface area contributed by atoms with E-state index in [-0.39, 0.29) is 12.5 Å². The van der Waals surface area contributed by atoms with Crippen LogP contribution in [0, 0.1) is 0 Å². The van der Waals surface area contributed by atoms with Crippen LogP contribution in [-0.4, -0.2) is 23.2 Å². The number of nitrogens with two attached hydrogens (primary N) is 1. The molecule has 3 N–H and O–H groups in total. The number of aliphatic hydroxyl groups is 1. The van der Waals surface area contributed by atoms with E-state index in [0.29, 0.717) is 13.0 Å². The average Bonchev–Trinajstić information content (AvgIpc) is 2.15. The van der Waals surface area contributed by atoms with Crippen LogP contribution in [0.15, 0.2) is 24.4 Å². The Morgan fingerprint density at radius 1 is 1.50 bits per heavy atom. The third kappa shape index (κ3) is 2.29. The molecule has 66 valence electrons. The third-order valence-corrected chi connectivity index (χ3v) is 1.87. The van der Waals surface area contributed by atoms with Gasteiger partial charge in [-0.2, -0.15) is 0 Å². The molecule has 0 fully saturated rings. The van der Waals surface area contributed by atoms with Gasteiger partial charge < -0.3 is 10.8 Å². The summed E-state index contributed by atoms with van der Waals surface area (Å²) in [7, 11) is 0. The van der Waals surface area contributed by atoms with Crippen LogP contribution >= 0.6 is 0 Å². The fourth-order valence-corrected chi connectivity index (χ4v) is 1.16. The van der Waals surface area contributed by atoms with Crippen LogP contribution in [0.25, 0.3) is 0 Å². The lowest BCUT2D eigenvalue weighted by Gasteiger charge is -2.11. The van der Waals surface area contributed by atoms with Crippen molar-refractivity contribution in [3.8, 4) is 0 Å². The molecule has 12 heavy (non-hydrogen) atoms. The second kappa shape index (κ2) is 4.85. The maximum atomic E-state index is 8.75. The van der Waals surface area contributed by atoms with Crippen molar-refractivity contribution in [1.82, 2.24) is 4.98 Å². The van der Waals surface area contributed by atoms with Crippen molar-refractivity contribution in [3.05, 3.63) is 30.1 Å². The van der Waals surface area contributed by atoms with Gasteiger partial charge in [-0.1, -0.05) is 6.07 Å². The van der Waals surface area contributed by atoms with Crippen molar-refractivity contribution in [2.45, 2.75) is 12.3 Å². The highest BCUT2D eigenvalue weighted by atomic mass is 16.3. The Morgan fingerprint density at radius 2 is 2.33 bits per heavy atom. The van der Waals surface area contributed by atoms with Crippen LogP contribution < -0.4 is 5.73 Å². The first-order chi connectivity index (χ1) is 5.88. The Hall–Kier alpha value is -0.930. The molecule has 1 atom stereocenters. The Kier molecular flexibility index (Phi) is 3.70. The van der Waals surface area contributed by atoms with Gasteiger partial charge in [0, 0.05) is 31.0 Å². The zero-order chi connectivity index (χ0) is 8.81. The molecular formula is C9H14N2O. The minimum atomic E-state index is 0.165. The van der Waals surface area contributed by atoms with E-state index >= 15 is 0 Å². The molecule has 0 aliphatic carbocycles. The average molecular weight is 166 g/mol. The van der Waals surface area contributed by atoms with Crippen LogP contribution in [0.4, 0.5) is 0 Å². The Morgan fingerprint density at radius 3 is 2.83 bits per heavy atom. The Labute approximate surface area is 72.2 Å². The van der Waals surface area contributed by atoms with E-state index in [1.54, 1.807) is 6.20 Å². The molecule has 3 nitrogen and oxygen atoms in total. The van der Waals surface area contributed by atoms with E-state index in [1.165, 1.54) is 0 Å². The molecule has 0 saturated carbocycles. The highest BCUT2D eigenvalue weighted by Gasteiger charge is 2.08. The monoisotopic (exact) mass is 166 g/mol. The smallest absolute Gasteiger partial charge is 0.0447 e. The maximum Gasteiger partial charge on any atom is 0.0447 e. The van der Waals surface area contributed by atoms with Gasteiger partial charge in [0.2, 0.25) is 0 Å². The third-order valence-electron chi connectivity index (χ3n) is 1.87. The van der Waals surface area contributed by atoms with E-state index < -0.39 is 0 Å². The van der Waals surface area contributed by atoms with Crippen molar-refractivity contribution < 1.29 is 5.11 Å². The van der Waals surface area contributed by atoms with Crippen molar-refractivity contribution >= 4 is 0 Å². The highest BCUT2D eigenvalue weighted by Crippen LogP contribution is 2.14. The van der Waals surface area contributed by atoms with Gasteiger partial charge in [0.1, 0.15) is 0 Å². The van der Waals surface area contributed by atoms with Gasteiger partial charge in [-0.15, -0.1) is 0 Å². The zero-order valence-corrected chi connectivity index (χ0v) is 6.98. The molecule has 1 heterocycles. The van der Waals surface area contributed by atoms with Gasteiger partial charge in [-0.05, 0) is 18.6 Å². The van der Waals surface area contributed by atoms with Gasteiger partial charge in [0.25, 0.3) is 0 Å². The molecule has 1 aromatic rings. The molecule has 0 aromatic carbocycles. The zero-order valence-electron chi connectivity index (χ0n) is 6.98. The fourth-order valence-electron chi connectivity index (χ4n) is 1.16. The first kappa shape index (κ1) is 9.16. The Balaban J connectivity index is 2.66. The first-order valence-electron chi connectivity index (χ1n) is 4.10. The number of aliphatic hydroxyl groups excluding tert-OH is 1. The lowest BCUT2D eigenvalue weighted by molar-refractivity contribution is 0.275. The lowest BCUT2D eigenvalue weighted by Crippen LogP contribution is -2.14. The van der Waals surface area contributed by atoms with E-state index in [0.717, 1.165) is 5.69 Å². The molecule has 1 unspecified atom stereocenters. The highest BCUT2D eigenvalue weighted by molar-refractivity contribution is 5.09. The molecule has 0 bridgehead atoms. The van der Waals surface area contributed by atoms with E-state index in [1.807, 2.05) is 18.2 Å². The van der Waals surface area contributed by atoms with Crippen LogP contribution in [-0.2, 0) is 0 Å². The first-order valence-corrected chi connectivity index (χ1v) is 4.10. The van der Waals surface area contributed by atoms with Gasteiger partial charge in [-0.25, -0.2) is 0 Å². The van der Waals surface area contributed by atoms with Gasteiger partial charge in [0.15, 0.2) is 0 Å². The summed E-state index contributed by atoms with van der Waals surface area (Å²) in [5.74, 6) is 0.191. The number of pyridine rings is 1. The predicted octanol–water partition coefficient (Wildman–Crippen LogP) is 0.506. The number of aromatic nitrogens is 1. The number of hydrogen-bond acceptors (Lipinski definition) is 3. The summed E-state index contributed by atoms with van der Waals surface area (Å²) < 4.78 is 0. The summed E-state index contributed by atoms with van der Waals surface area (Å²) >= 11 is 0. The predicted molar refractivity (Wildman–Crippen MR) is 47.7 cm³/mol. The summed E-state index contributed by atoms with van der Waals surface area (Å²) in [6.45, 7) is 0.704. The maximum absolute atomic E-state index is 8.75. The number of rotatable bonds is 4. The topological polar surface area (TPSA) is 59.1 Å². The summed E-state index contributed by atoms with van der Waals surface area (Å²) in [6, 6.07) is 5.74. The van der Waals surface area contributed by atoms with E-state index in [9.17, 15) is 0 Å². The molecule has 0 radical (unpaired) electrons. The van der Waals surface area contributed by atoms with Crippen molar-refractivity contribution in [3.63, 3.8) is 0 Å². The number of nitrogens with zero attached hydrogens (tertiary/aromatic N) is 1. The standard InChI is InChI=1S/C9H14N2O/c10-7-8(4-6-12)9-3-1-2-5-11-9/h1-3,5,8,12H,4,6-7,10H2. The van der Waals surface area contributed by atoms with Crippen LogP contribution in [0.1, 0.15) is 18.0 Å². The fraction of sp³-hybridized carbons (Fsp3) is 0.444. The Bertz CT molecular complexity index is 213. The molecular weight excluding hydrogens is 152 g/mol. The SMILES string of the molecule is NCC(CCO)c1ccccn1. The normalized spacial score (nSPS) is 12.8. The molecule has 0 amide bonds. The molecule has 1 rings (SSSR count). The summed E-state index contributed by atoms with van der Waals surface area (Å²) in [5, 5.41) is 8.75. The van der Waals surface area contributed by atoms with Gasteiger partial charge >= 0.3 is 0 Å². The minimum absolute atomic E-state index is 0.165. The molecule has 3 heteroatoms.